The van der Waals surface area contributed by atoms with Crippen LogP contribution in [0.25, 0.3) is 0 Å². The van der Waals surface area contributed by atoms with Crippen LogP contribution in [0.5, 0.6) is 0 Å². The molecule has 2 aromatic carbocycles. The molecule has 0 saturated carbocycles. The van der Waals surface area contributed by atoms with Crippen molar-refractivity contribution in [2.24, 2.45) is 0 Å². The molecule has 2 aromatic rings. The summed E-state index contributed by atoms with van der Waals surface area (Å²) in [7, 11) is 0. The van der Waals surface area contributed by atoms with Gasteiger partial charge in [-0.3, -0.25) is 19.8 Å². The van der Waals surface area contributed by atoms with Gasteiger partial charge < -0.3 is 10.2 Å². The van der Waals surface area contributed by atoms with E-state index in [1.54, 1.807) is 19.1 Å². The first-order chi connectivity index (χ1) is 12.5. The second-order valence-electron chi connectivity index (χ2n) is 6.42. The van der Waals surface area contributed by atoms with Crippen molar-refractivity contribution in [1.82, 2.24) is 4.90 Å². The Bertz CT molecular complexity index is 787. The number of aryl methyl sites for hydroxylation is 1. The Morgan fingerprint density at radius 1 is 1.12 bits per heavy atom. The fourth-order valence-electron chi connectivity index (χ4n) is 3.09. The summed E-state index contributed by atoms with van der Waals surface area (Å²) >= 11 is 0. The lowest BCUT2D eigenvalue weighted by Gasteiger charge is -2.35. The molecule has 3 rings (SSSR count). The first-order valence-corrected chi connectivity index (χ1v) is 8.60. The van der Waals surface area contributed by atoms with Gasteiger partial charge in [0, 0.05) is 37.9 Å². The normalized spacial score (nSPS) is 14.9. The number of carbonyl (C=O) groups is 1. The number of hydrogen-bond acceptors (Lipinski definition) is 5. The molecule has 1 heterocycles. The maximum absolute atomic E-state index is 12.3. The molecule has 7 nitrogen and oxygen atoms in total. The Hall–Kier alpha value is -2.93. The van der Waals surface area contributed by atoms with E-state index < -0.39 is 4.92 Å². The Morgan fingerprint density at radius 2 is 1.81 bits per heavy atom. The van der Waals surface area contributed by atoms with Gasteiger partial charge in [-0.15, -0.1) is 0 Å². The van der Waals surface area contributed by atoms with Gasteiger partial charge in [-0.05, 0) is 30.7 Å². The van der Waals surface area contributed by atoms with Gasteiger partial charge in [-0.1, -0.05) is 24.3 Å². The predicted molar refractivity (Wildman–Crippen MR) is 102 cm³/mol. The lowest BCUT2D eigenvalue weighted by Crippen LogP contribution is -2.48. The summed E-state index contributed by atoms with van der Waals surface area (Å²) in [6.45, 7) is 5.26. The van der Waals surface area contributed by atoms with Crippen LogP contribution in [0.3, 0.4) is 0 Å². The number of para-hydroxylation sites is 1. The number of nitrogens with zero attached hydrogens (tertiary/aromatic N) is 3. The second-order valence-corrected chi connectivity index (χ2v) is 6.42. The first kappa shape index (κ1) is 17.9. The van der Waals surface area contributed by atoms with Crippen LogP contribution < -0.4 is 10.2 Å². The topological polar surface area (TPSA) is 78.7 Å². The average molecular weight is 354 g/mol. The molecule has 0 aromatic heterocycles. The van der Waals surface area contributed by atoms with Crippen molar-refractivity contribution >= 4 is 23.0 Å². The van der Waals surface area contributed by atoms with Gasteiger partial charge >= 0.3 is 0 Å². The summed E-state index contributed by atoms with van der Waals surface area (Å²) in [6.07, 6.45) is 0. The summed E-state index contributed by atoms with van der Waals surface area (Å²) in [5.41, 5.74) is 2.14. The van der Waals surface area contributed by atoms with Crippen LogP contribution in [0.2, 0.25) is 0 Å². The molecule has 0 spiro atoms. The summed E-state index contributed by atoms with van der Waals surface area (Å²) in [5.74, 6) is -0.231. The zero-order chi connectivity index (χ0) is 18.5. The summed E-state index contributed by atoms with van der Waals surface area (Å²) in [5, 5.41) is 13.8. The standard InChI is InChI=1S/C19H22N4O3/c1-15-7-8-17(18(13-15)23(25)26)20-19(24)14-21-9-11-22(12-10-21)16-5-3-2-4-6-16/h2-8,13H,9-12,14H2,1H3,(H,20,24). The van der Waals surface area contributed by atoms with Crippen molar-refractivity contribution in [3.8, 4) is 0 Å². The molecule has 0 radical (unpaired) electrons. The molecule has 26 heavy (non-hydrogen) atoms. The monoisotopic (exact) mass is 354 g/mol. The smallest absolute Gasteiger partial charge is 0.293 e. The third-order valence-electron chi connectivity index (χ3n) is 4.48. The van der Waals surface area contributed by atoms with Crippen LogP contribution in [-0.2, 0) is 4.79 Å². The SMILES string of the molecule is Cc1ccc(NC(=O)CN2CCN(c3ccccc3)CC2)c([N+](=O)[O-])c1. The van der Waals surface area contributed by atoms with E-state index >= 15 is 0 Å². The van der Waals surface area contributed by atoms with Crippen LogP contribution in [0.1, 0.15) is 5.56 Å². The highest BCUT2D eigenvalue weighted by Gasteiger charge is 2.21. The number of hydrogen-bond donors (Lipinski definition) is 1. The van der Waals surface area contributed by atoms with E-state index in [1.165, 1.54) is 11.8 Å². The van der Waals surface area contributed by atoms with Crippen LogP contribution in [0, 0.1) is 17.0 Å². The number of nitro groups is 1. The zero-order valence-electron chi connectivity index (χ0n) is 14.7. The van der Waals surface area contributed by atoms with Crippen LogP contribution >= 0.6 is 0 Å². The summed E-state index contributed by atoms with van der Waals surface area (Å²) < 4.78 is 0. The van der Waals surface area contributed by atoms with Crippen LogP contribution in [0.15, 0.2) is 48.5 Å². The molecule has 0 aliphatic carbocycles. The number of anilines is 2. The molecule has 136 valence electrons. The Kier molecular flexibility index (Phi) is 5.48. The molecule has 1 fully saturated rings. The van der Waals surface area contributed by atoms with Gasteiger partial charge in [0.25, 0.3) is 5.69 Å². The minimum absolute atomic E-state index is 0.0766. The van der Waals surface area contributed by atoms with Gasteiger partial charge in [0.1, 0.15) is 5.69 Å². The van der Waals surface area contributed by atoms with Crippen molar-refractivity contribution in [3.63, 3.8) is 0 Å². The zero-order valence-corrected chi connectivity index (χ0v) is 14.7. The van der Waals surface area contributed by atoms with Crippen LogP contribution in [-0.4, -0.2) is 48.5 Å². The number of amides is 1. The molecule has 0 unspecified atom stereocenters. The molecule has 1 aliphatic heterocycles. The highest BCUT2D eigenvalue weighted by molar-refractivity contribution is 5.94. The third-order valence-corrected chi connectivity index (χ3v) is 4.48. The molecule has 1 amide bonds. The van der Waals surface area contributed by atoms with E-state index in [2.05, 4.69) is 27.2 Å². The van der Waals surface area contributed by atoms with Crippen molar-refractivity contribution in [2.75, 3.05) is 42.9 Å². The summed E-state index contributed by atoms with van der Waals surface area (Å²) in [6, 6.07) is 15.0. The molecule has 1 saturated heterocycles. The lowest BCUT2D eigenvalue weighted by atomic mass is 10.2. The largest absolute Gasteiger partial charge is 0.369 e. The lowest BCUT2D eigenvalue weighted by molar-refractivity contribution is -0.384. The van der Waals surface area contributed by atoms with Gasteiger partial charge in [0.15, 0.2) is 0 Å². The van der Waals surface area contributed by atoms with E-state index in [0.29, 0.717) is 0 Å². The number of nitro benzene ring substituents is 1. The highest BCUT2D eigenvalue weighted by Crippen LogP contribution is 2.25. The van der Waals surface area contributed by atoms with E-state index in [0.717, 1.165) is 31.7 Å². The summed E-state index contributed by atoms with van der Waals surface area (Å²) in [4.78, 5) is 27.3. The minimum Gasteiger partial charge on any atom is -0.369 e. The Labute approximate surface area is 152 Å². The number of carbonyl (C=O) groups excluding carboxylic acids is 1. The molecular formula is C19H22N4O3. The van der Waals surface area contributed by atoms with Crippen molar-refractivity contribution < 1.29 is 9.72 Å². The van der Waals surface area contributed by atoms with Gasteiger partial charge in [-0.25, -0.2) is 0 Å². The quantitative estimate of drug-likeness (QED) is 0.660. The van der Waals surface area contributed by atoms with E-state index in [-0.39, 0.29) is 23.8 Å². The molecule has 0 bridgehead atoms. The fourth-order valence-corrected chi connectivity index (χ4v) is 3.09. The number of rotatable bonds is 5. The molecule has 1 aliphatic rings. The molecule has 0 atom stereocenters. The van der Waals surface area contributed by atoms with Crippen molar-refractivity contribution in [2.45, 2.75) is 6.92 Å². The van der Waals surface area contributed by atoms with E-state index in [1.807, 2.05) is 18.2 Å². The van der Waals surface area contributed by atoms with Gasteiger partial charge in [0.2, 0.25) is 5.91 Å². The maximum atomic E-state index is 12.3. The van der Waals surface area contributed by atoms with Crippen molar-refractivity contribution in [1.29, 1.82) is 0 Å². The Balaban J connectivity index is 1.54. The third kappa shape index (κ3) is 4.37. The molecule has 1 N–H and O–H groups in total. The van der Waals surface area contributed by atoms with Crippen LogP contribution in [0.4, 0.5) is 17.1 Å². The average Bonchev–Trinajstić information content (AvgIpc) is 2.64. The minimum atomic E-state index is -0.471. The predicted octanol–water partition coefficient (Wildman–Crippen LogP) is 2.66. The van der Waals surface area contributed by atoms with Crippen molar-refractivity contribution in [3.05, 3.63) is 64.2 Å². The second kappa shape index (κ2) is 7.97. The first-order valence-electron chi connectivity index (χ1n) is 8.60. The van der Waals surface area contributed by atoms with Gasteiger partial charge in [0.05, 0.1) is 11.5 Å². The number of nitrogens with one attached hydrogen (secondary N) is 1. The van der Waals surface area contributed by atoms with E-state index in [9.17, 15) is 14.9 Å². The number of benzene rings is 2. The number of piperazine rings is 1. The Morgan fingerprint density at radius 3 is 2.46 bits per heavy atom. The van der Waals surface area contributed by atoms with Gasteiger partial charge in [-0.2, -0.15) is 0 Å². The highest BCUT2D eigenvalue weighted by atomic mass is 16.6. The van der Waals surface area contributed by atoms with E-state index in [4.69, 9.17) is 0 Å². The molecular weight excluding hydrogens is 332 g/mol. The molecule has 7 heteroatoms. The fraction of sp³-hybridized carbons (Fsp3) is 0.316. The maximum Gasteiger partial charge on any atom is 0.293 e.